The lowest BCUT2D eigenvalue weighted by Crippen LogP contribution is -2.15. The van der Waals surface area contributed by atoms with Crippen LogP contribution < -0.4 is 29.1 Å². The summed E-state index contributed by atoms with van der Waals surface area (Å²) in [5.74, 6) is -0.658. The first-order valence-electron chi connectivity index (χ1n) is 11.1. The molecule has 188 valence electrons. The van der Waals surface area contributed by atoms with Crippen molar-refractivity contribution in [3.05, 3.63) is 75.4 Å². The molecule has 0 atom stereocenters. The molecule has 5 rings (SSSR count). The van der Waals surface area contributed by atoms with Crippen LogP contribution in [0.3, 0.4) is 0 Å². The zero-order chi connectivity index (χ0) is 26.1. The van der Waals surface area contributed by atoms with Crippen LogP contribution in [-0.4, -0.2) is 18.7 Å². The standard InChI is InChI=1S/C27H19ClO9/c1-14(29)35-22-10-19(32-12-16-4-3-5-18(28)8-16)11-23-24(22)25(31)27(36-15(2)30)26(37-23)17-6-7-20-21(9-17)34-13-33-20/h3-11H,12-13H2,1-2H3. The number of halogens is 1. The van der Waals surface area contributed by atoms with Crippen molar-refractivity contribution in [2.24, 2.45) is 0 Å². The van der Waals surface area contributed by atoms with E-state index in [0.717, 1.165) is 12.5 Å². The van der Waals surface area contributed by atoms with Crippen LogP contribution in [0.25, 0.3) is 22.3 Å². The average Bonchev–Trinajstić information content (AvgIpc) is 3.31. The molecule has 4 aromatic rings. The fourth-order valence-electron chi connectivity index (χ4n) is 3.82. The fraction of sp³-hybridized carbons (Fsp3) is 0.148. The lowest BCUT2D eigenvalue weighted by atomic mass is 10.1. The van der Waals surface area contributed by atoms with Crippen molar-refractivity contribution in [2.45, 2.75) is 20.5 Å². The van der Waals surface area contributed by atoms with Gasteiger partial charge in [0.15, 0.2) is 17.3 Å². The minimum atomic E-state index is -0.732. The summed E-state index contributed by atoms with van der Waals surface area (Å²) in [6.45, 7) is 2.56. The third-order valence-corrected chi connectivity index (χ3v) is 5.55. The zero-order valence-corrected chi connectivity index (χ0v) is 20.4. The molecule has 0 saturated carbocycles. The maximum Gasteiger partial charge on any atom is 0.308 e. The number of benzene rings is 3. The summed E-state index contributed by atoms with van der Waals surface area (Å²) in [4.78, 5) is 37.3. The average molecular weight is 523 g/mol. The molecule has 0 saturated heterocycles. The summed E-state index contributed by atoms with van der Waals surface area (Å²) in [5, 5.41) is 0.462. The van der Waals surface area contributed by atoms with Gasteiger partial charge in [-0.15, -0.1) is 0 Å². The smallest absolute Gasteiger partial charge is 0.308 e. The van der Waals surface area contributed by atoms with Crippen LogP contribution in [0, 0.1) is 0 Å². The summed E-state index contributed by atoms with van der Waals surface area (Å²) < 4.78 is 33.3. The molecule has 9 nitrogen and oxygen atoms in total. The molecule has 0 aliphatic carbocycles. The number of hydrogen-bond acceptors (Lipinski definition) is 9. The van der Waals surface area contributed by atoms with Crippen molar-refractivity contribution in [1.29, 1.82) is 0 Å². The lowest BCUT2D eigenvalue weighted by molar-refractivity contribution is -0.133. The maximum absolute atomic E-state index is 13.6. The number of esters is 2. The van der Waals surface area contributed by atoms with Crippen LogP contribution in [0.15, 0.2) is 63.8 Å². The summed E-state index contributed by atoms with van der Waals surface area (Å²) in [7, 11) is 0. The third-order valence-electron chi connectivity index (χ3n) is 5.32. The normalized spacial score (nSPS) is 11.9. The van der Waals surface area contributed by atoms with Crippen molar-refractivity contribution in [2.75, 3.05) is 6.79 Å². The van der Waals surface area contributed by atoms with Crippen molar-refractivity contribution < 1.29 is 37.7 Å². The second-order valence-corrected chi connectivity index (χ2v) is 8.49. The van der Waals surface area contributed by atoms with E-state index in [1.165, 1.54) is 19.1 Å². The number of fused-ring (bicyclic) bond motifs is 2. The molecule has 0 amide bonds. The molecule has 0 spiro atoms. The maximum atomic E-state index is 13.6. The molecule has 0 bridgehead atoms. The van der Waals surface area contributed by atoms with Crippen molar-refractivity contribution in [3.63, 3.8) is 0 Å². The highest BCUT2D eigenvalue weighted by molar-refractivity contribution is 6.30. The van der Waals surface area contributed by atoms with Gasteiger partial charge in [0, 0.05) is 36.6 Å². The van der Waals surface area contributed by atoms with Gasteiger partial charge in [-0.3, -0.25) is 14.4 Å². The number of hydrogen-bond donors (Lipinski definition) is 0. The van der Waals surface area contributed by atoms with E-state index < -0.39 is 17.4 Å². The van der Waals surface area contributed by atoms with Crippen LogP contribution in [0.1, 0.15) is 19.4 Å². The highest BCUT2D eigenvalue weighted by Gasteiger charge is 2.25. The van der Waals surface area contributed by atoms with Gasteiger partial charge in [-0.25, -0.2) is 0 Å². The van der Waals surface area contributed by atoms with Gasteiger partial charge in [0.25, 0.3) is 0 Å². The van der Waals surface area contributed by atoms with E-state index in [4.69, 9.17) is 39.7 Å². The van der Waals surface area contributed by atoms with Gasteiger partial charge in [-0.05, 0) is 35.9 Å². The Labute approximate surface area is 215 Å². The highest BCUT2D eigenvalue weighted by Crippen LogP contribution is 2.41. The molecular weight excluding hydrogens is 504 g/mol. The highest BCUT2D eigenvalue weighted by atomic mass is 35.5. The van der Waals surface area contributed by atoms with Gasteiger partial charge in [-0.2, -0.15) is 0 Å². The second-order valence-electron chi connectivity index (χ2n) is 8.06. The Bertz CT molecular complexity index is 1610. The zero-order valence-electron chi connectivity index (χ0n) is 19.7. The first kappa shape index (κ1) is 24.2. The molecule has 3 aromatic carbocycles. The Hall–Kier alpha value is -4.50. The van der Waals surface area contributed by atoms with Gasteiger partial charge in [-0.1, -0.05) is 23.7 Å². The van der Waals surface area contributed by atoms with E-state index in [0.29, 0.717) is 22.1 Å². The molecule has 0 unspecified atom stereocenters. The van der Waals surface area contributed by atoms with E-state index in [1.54, 1.807) is 36.4 Å². The monoisotopic (exact) mass is 522 g/mol. The number of carbonyl (C=O) groups excluding carboxylic acids is 2. The van der Waals surface area contributed by atoms with Gasteiger partial charge in [0.1, 0.15) is 29.1 Å². The van der Waals surface area contributed by atoms with Crippen LogP contribution >= 0.6 is 11.6 Å². The molecule has 1 aliphatic rings. The Morgan fingerprint density at radius 2 is 1.73 bits per heavy atom. The largest absolute Gasteiger partial charge is 0.489 e. The number of rotatable bonds is 6. The molecule has 2 heterocycles. The Morgan fingerprint density at radius 3 is 2.49 bits per heavy atom. The third kappa shape index (κ3) is 5.07. The minimum absolute atomic E-state index is 0.0215. The van der Waals surface area contributed by atoms with E-state index in [1.807, 2.05) is 6.07 Å². The molecular formula is C27H19ClO9. The molecule has 10 heteroatoms. The van der Waals surface area contributed by atoms with Crippen molar-refractivity contribution >= 4 is 34.5 Å². The van der Waals surface area contributed by atoms with Crippen LogP contribution in [0.2, 0.25) is 5.02 Å². The van der Waals surface area contributed by atoms with Crippen LogP contribution in [0.4, 0.5) is 0 Å². The fourth-order valence-corrected chi connectivity index (χ4v) is 4.03. The summed E-state index contributed by atoms with van der Waals surface area (Å²) in [6.07, 6.45) is 0. The molecule has 37 heavy (non-hydrogen) atoms. The predicted molar refractivity (Wildman–Crippen MR) is 132 cm³/mol. The van der Waals surface area contributed by atoms with E-state index >= 15 is 0 Å². The van der Waals surface area contributed by atoms with E-state index in [2.05, 4.69) is 0 Å². The first-order valence-corrected chi connectivity index (χ1v) is 11.5. The van der Waals surface area contributed by atoms with Crippen molar-refractivity contribution in [3.8, 4) is 40.1 Å². The Kier molecular flexibility index (Phi) is 6.45. The molecule has 0 radical (unpaired) electrons. The molecule has 0 N–H and O–H groups in total. The Balaban J connectivity index is 1.67. The summed E-state index contributed by atoms with van der Waals surface area (Å²) in [6, 6.07) is 14.9. The van der Waals surface area contributed by atoms with E-state index in [-0.39, 0.29) is 47.4 Å². The SMILES string of the molecule is CC(=O)Oc1c(-c2ccc3c(c2)OCO3)oc2cc(OCc3cccc(Cl)c3)cc(OC(C)=O)c2c1=O. The summed E-state index contributed by atoms with van der Waals surface area (Å²) >= 11 is 6.05. The van der Waals surface area contributed by atoms with Gasteiger partial charge in [0.05, 0.1) is 0 Å². The summed E-state index contributed by atoms with van der Waals surface area (Å²) in [5.41, 5.74) is 0.545. The van der Waals surface area contributed by atoms with Gasteiger partial charge >= 0.3 is 11.9 Å². The first-order chi connectivity index (χ1) is 17.8. The van der Waals surface area contributed by atoms with E-state index in [9.17, 15) is 14.4 Å². The lowest BCUT2D eigenvalue weighted by Gasteiger charge is -2.14. The topological polar surface area (TPSA) is 110 Å². The van der Waals surface area contributed by atoms with Gasteiger partial charge < -0.3 is 28.1 Å². The van der Waals surface area contributed by atoms with Crippen LogP contribution in [0.5, 0.6) is 28.7 Å². The number of carbonyl (C=O) groups is 2. The quantitative estimate of drug-likeness (QED) is 0.247. The van der Waals surface area contributed by atoms with Gasteiger partial charge in [0.2, 0.25) is 18.0 Å². The van der Waals surface area contributed by atoms with Crippen LogP contribution in [-0.2, 0) is 16.2 Å². The Morgan fingerprint density at radius 1 is 0.946 bits per heavy atom. The number of ether oxygens (including phenoxy) is 5. The second kappa shape index (κ2) is 9.87. The molecule has 0 fully saturated rings. The van der Waals surface area contributed by atoms with Crippen molar-refractivity contribution in [1.82, 2.24) is 0 Å². The predicted octanol–water partition coefficient (Wildman–Crippen LogP) is 5.27. The minimum Gasteiger partial charge on any atom is -0.489 e. The molecule has 1 aliphatic heterocycles. The molecule has 1 aromatic heterocycles.